The zero-order chi connectivity index (χ0) is 13.2. The van der Waals surface area contributed by atoms with Crippen molar-refractivity contribution in [3.8, 4) is 6.07 Å². The second kappa shape index (κ2) is 8.46. The van der Waals surface area contributed by atoms with Crippen LogP contribution in [0.3, 0.4) is 0 Å². The van der Waals surface area contributed by atoms with Crippen LogP contribution in [-0.2, 0) is 4.74 Å². The maximum absolute atomic E-state index is 9.12. The third kappa shape index (κ3) is 5.62. The summed E-state index contributed by atoms with van der Waals surface area (Å²) in [4.78, 5) is 0. The first-order chi connectivity index (χ1) is 8.74. The molecule has 0 radical (unpaired) electrons. The standard InChI is InChI=1S/C15H20N2O/c1-13(2)12-18-9-8-17-11-15(10-16)14-6-4-3-5-7-14/h3-7,15,17H,1,8-9,11-12H2,2H3. The molecule has 0 saturated carbocycles. The Labute approximate surface area is 109 Å². The molecule has 1 unspecified atom stereocenters. The highest BCUT2D eigenvalue weighted by atomic mass is 16.5. The molecule has 0 aliphatic rings. The zero-order valence-corrected chi connectivity index (χ0v) is 10.9. The Hall–Kier alpha value is -1.63. The Kier molecular flexibility index (Phi) is 6.78. The molecular formula is C15H20N2O. The SMILES string of the molecule is C=C(C)COCCNCC(C#N)c1ccccc1. The van der Waals surface area contributed by atoms with E-state index in [1.165, 1.54) is 0 Å². The molecule has 0 aliphatic heterocycles. The van der Waals surface area contributed by atoms with Gasteiger partial charge in [-0.2, -0.15) is 5.26 Å². The van der Waals surface area contributed by atoms with Gasteiger partial charge in [-0.15, -0.1) is 0 Å². The first kappa shape index (κ1) is 14.4. The normalized spacial score (nSPS) is 11.8. The number of nitrogens with zero attached hydrogens (tertiary/aromatic N) is 1. The Balaban J connectivity index is 2.21. The summed E-state index contributed by atoms with van der Waals surface area (Å²) in [5, 5.41) is 12.4. The number of hydrogen-bond donors (Lipinski definition) is 1. The van der Waals surface area contributed by atoms with E-state index in [0.717, 1.165) is 17.7 Å². The first-order valence-electron chi connectivity index (χ1n) is 6.11. The van der Waals surface area contributed by atoms with Gasteiger partial charge in [0.25, 0.3) is 0 Å². The van der Waals surface area contributed by atoms with E-state index in [1.807, 2.05) is 37.3 Å². The Morgan fingerprint density at radius 1 is 1.44 bits per heavy atom. The largest absolute Gasteiger partial charge is 0.376 e. The van der Waals surface area contributed by atoms with E-state index < -0.39 is 0 Å². The van der Waals surface area contributed by atoms with E-state index in [9.17, 15) is 0 Å². The van der Waals surface area contributed by atoms with E-state index in [0.29, 0.717) is 19.8 Å². The second-order valence-corrected chi connectivity index (χ2v) is 4.31. The minimum Gasteiger partial charge on any atom is -0.376 e. The van der Waals surface area contributed by atoms with Crippen molar-refractivity contribution in [3.63, 3.8) is 0 Å². The third-order valence-corrected chi connectivity index (χ3v) is 2.48. The Morgan fingerprint density at radius 2 is 2.17 bits per heavy atom. The number of nitriles is 1. The van der Waals surface area contributed by atoms with E-state index in [1.54, 1.807) is 0 Å². The number of benzene rings is 1. The molecule has 0 aromatic heterocycles. The molecule has 1 atom stereocenters. The van der Waals surface area contributed by atoms with Crippen LogP contribution >= 0.6 is 0 Å². The molecule has 1 aromatic carbocycles. The molecular weight excluding hydrogens is 224 g/mol. The highest BCUT2D eigenvalue weighted by molar-refractivity contribution is 5.24. The molecule has 1 N–H and O–H groups in total. The summed E-state index contributed by atoms with van der Waals surface area (Å²) in [5.74, 6) is -0.104. The van der Waals surface area contributed by atoms with Crippen LogP contribution in [0.1, 0.15) is 18.4 Å². The van der Waals surface area contributed by atoms with Crippen LogP contribution in [0.15, 0.2) is 42.5 Å². The van der Waals surface area contributed by atoms with Gasteiger partial charge in [0.1, 0.15) is 0 Å². The molecule has 0 aliphatic carbocycles. The van der Waals surface area contributed by atoms with Gasteiger partial charge in [0, 0.05) is 13.1 Å². The maximum atomic E-state index is 9.12. The minimum absolute atomic E-state index is 0.104. The van der Waals surface area contributed by atoms with Crippen LogP contribution in [0.4, 0.5) is 0 Å². The molecule has 3 heteroatoms. The van der Waals surface area contributed by atoms with Crippen LogP contribution in [-0.4, -0.2) is 26.3 Å². The highest BCUT2D eigenvalue weighted by Crippen LogP contribution is 2.12. The van der Waals surface area contributed by atoms with Crippen molar-refractivity contribution >= 4 is 0 Å². The van der Waals surface area contributed by atoms with Gasteiger partial charge in [-0.05, 0) is 12.5 Å². The molecule has 0 amide bonds. The fourth-order valence-electron chi connectivity index (χ4n) is 1.56. The second-order valence-electron chi connectivity index (χ2n) is 4.31. The van der Waals surface area contributed by atoms with Crippen LogP contribution in [0.5, 0.6) is 0 Å². The molecule has 3 nitrogen and oxygen atoms in total. The zero-order valence-electron chi connectivity index (χ0n) is 10.9. The molecule has 0 fully saturated rings. The Morgan fingerprint density at radius 3 is 2.78 bits per heavy atom. The number of nitrogens with one attached hydrogen (secondary N) is 1. The fraction of sp³-hybridized carbons (Fsp3) is 0.400. The average molecular weight is 244 g/mol. The molecule has 1 aromatic rings. The van der Waals surface area contributed by atoms with Crippen molar-refractivity contribution in [1.82, 2.24) is 5.32 Å². The predicted molar refractivity (Wildman–Crippen MR) is 73.3 cm³/mol. The summed E-state index contributed by atoms with van der Waals surface area (Å²) in [6.45, 7) is 8.34. The summed E-state index contributed by atoms with van der Waals surface area (Å²) >= 11 is 0. The average Bonchev–Trinajstić information content (AvgIpc) is 2.38. The molecule has 0 heterocycles. The molecule has 1 rings (SSSR count). The number of ether oxygens (including phenoxy) is 1. The van der Waals surface area contributed by atoms with Gasteiger partial charge in [-0.25, -0.2) is 0 Å². The summed E-state index contributed by atoms with van der Waals surface area (Å²) in [7, 11) is 0. The van der Waals surface area contributed by atoms with Gasteiger partial charge in [0.05, 0.1) is 25.2 Å². The van der Waals surface area contributed by atoms with E-state index in [4.69, 9.17) is 10.00 Å². The van der Waals surface area contributed by atoms with Crippen molar-refractivity contribution in [2.24, 2.45) is 0 Å². The van der Waals surface area contributed by atoms with Gasteiger partial charge in [0.15, 0.2) is 0 Å². The Bertz CT molecular complexity index is 395. The van der Waals surface area contributed by atoms with E-state index >= 15 is 0 Å². The van der Waals surface area contributed by atoms with Crippen molar-refractivity contribution in [1.29, 1.82) is 5.26 Å². The minimum atomic E-state index is -0.104. The van der Waals surface area contributed by atoms with E-state index in [2.05, 4.69) is 18.0 Å². The monoisotopic (exact) mass is 244 g/mol. The molecule has 96 valence electrons. The topological polar surface area (TPSA) is 45.0 Å². The molecule has 0 saturated heterocycles. The summed E-state index contributed by atoms with van der Waals surface area (Å²) in [5.41, 5.74) is 2.07. The smallest absolute Gasteiger partial charge is 0.0837 e. The van der Waals surface area contributed by atoms with Gasteiger partial charge in [-0.3, -0.25) is 0 Å². The predicted octanol–water partition coefficient (Wildman–Crippen LogP) is 2.48. The summed E-state index contributed by atoms with van der Waals surface area (Å²) < 4.78 is 5.37. The van der Waals surface area contributed by atoms with Gasteiger partial charge >= 0.3 is 0 Å². The lowest BCUT2D eigenvalue weighted by Gasteiger charge is -2.11. The highest BCUT2D eigenvalue weighted by Gasteiger charge is 2.08. The van der Waals surface area contributed by atoms with Crippen LogP contribution in [0.2, 0.25) is 0 Å². The van der Waals surface area contributed by atoms with Crippen LogP contribution < -0.4 is 5.32 Å². The quantitative estimate of drug-likeness (QED) is 0.564. The van der Waals surface area contributed by atoms with Crippen LogP contribution in [0, 0.1) is 11.3 Å². The van der Waals surface area contributed by atoms with Crippen molar-refractivity contribution < 1.29 is 4.74 Å². The maximum Gasteiger partial charge on any atom is 0.0837 e. The summed E-state index contributed by atoms with van der Waals surface area (Å²) in [6.07, 6.45) is 0. The van der Waals surface area contributed by atoms with E-state index in [-0.39, 0.29) is 5.92 Å². The molecule has 18 heavy (non-hydrogen) atoms. The lowest BCUT2D eigenvalue weighted by atomic mass is 10.0. The molecule has 0 spiro atoms. The third-order valence-electron chi connectivity index (χ3n) is 2.48. The van der Waals surface area contributed by atoms with Crippen molar-refractivity contribution in [2.75, 3.05) is 26.3 Å². The fourth-order valence-corrected chi connectivity index (χ4v) is 1.56. The summed E-state index contributed by atoms with van der Waals surface area (Å²) in [6, 6.07) is 12.1. The lowest BCUT2D eigenvalue weighted by Crippen LogP contribution is -2.25. The first-order valence-corrected chi connectivity index (χ1v) is 6.11. The van der Waals surface area contributed by atoms with Crippen molar-refractivity contribution in [2.45, 2.75) is 12.8 Å². The van der Waals surface area contributed by atoms with Crippen molar-refractivity contribution in [3.05, 3.63) is 48.0 Å². The lowest BCUT2D eigenvalue weighted by molar-refractivity contribution is 0.158. The number of rotatable bonds is 8. The molecule has 0 bridgehead atoms. The van der Waals surface area contributed by atoms with Crippen LogP contribution in [0.25, 0.3) is 0 Å². The van der Waals surface area contributed by atoms with Gasteiger partial charge in [-0.1, -0.05) is 42.5 Å². The van der Waals surface area contributed by atoms with Gasteiger partial charge in [0.2, 0.25) is 0 Å². The van der Waals surface area contributed by atoms with Gasteiger partial charge < -0.3 is 10.1 Å². The number of hydrogen-bond acceptors (Lipinski definition) is 3.